The second-order valence-corrected chi connectivity index (χ2v) is 5.81. The van der Waals surface area contributed by atoms with Gasteiger partial charge >= 0.3 is 0 Å². The smallest absolute Gasteiger partial charge is 0.257 e. The Bertz CT molecular complexity index is 545. The molecule has 0 bridgehead atoms. The first-order valence-corrected chi connectivity index (χ1v) is 6.68. The summed E-state index contributed by atoms with van der Waals surface area (Å²) in [4.78, 5) is 25.6. The van der Waals surface area contributed by atoms with E-state index in [4.69, 9.17) is 0 Å². The van der Waals surface area contributed by atoms with E-state index in [0.717, 1.165) is 0 Å². The van der Waals surface area contributed by atoms with Crippen molar-refractivity contribution >= 4 is 27.7 Å². The van der Waals surface area contributed by atoms with Crippen LogP contribution in [0.3, 0.4) is 0 Å². The third-order valence-electron chi connectivity index (χ3n) is 3.26. The van der Waals surface area contributed by atoms with E-state index in [1.54, 1.807) is 19.9 Å². The number of halogens is 2. The molecule has 1 heterocycles. The normalized spacial score (nSPS) is 18.1. The molecule has 1 saturated heterocycles. The first-order chi connectivity index (χ1) is 8.84. The second-order valence-electron chi connectivity index (χ2n) is 4.90. The molecule has 102 valence electrons. The number of rotatable bonds is 1. The summed E-state index contributed by atoms with van der Waals surface area (Å²) in [6, 6.07) is 4.27. The summed E-state index contributed by atoms with van der Waals surface area (Å²) >= 11 is 3.14. The van der Waals surface area contributed by atoms with E-state index >= 15 is 0 Å². The van der Waals surface area contributed by atoms with Crippen molar-refractivity contribution < 1.29 is 14.0 Å². The number of nitrogens with zero attached hydrogens (tertiary/aromatic N) is 1. The Balaban J connectivity index is 2.35. The molecule has 1 fully saturated rings. The molecule has 2 rings (SSSR count). The van der Waals surface area contributed by atoms with Gasteiger partial charge in [0.2, 0.25) is 5.91 Å². The van der Waals surface area contributed by atoms with Gasteiger partial charge in [0.1, 0.15) is 11.4 Å². The van der Waals surface area contributed by atoms with Gasteiger partial charge in [0, 0.05) is 17.6 Å². The third-order valence-corrected chi connectivity index (χ3v) is 3.75. The summed E-state index contributed by atoms with van der Waals surface area (Å²) in [5.41, 5.74) is -1.000. The van der Waals surface area contributed by atoms with Crippen molar-refractivity contribution in [2.24, 2.45) is 0 Å². The van der Waals surface area contributed by atoms with Crippen molar-refractivity contribution in [1.29, 1.82) is 0 Å². The topological polar surface area (TPSA) is 49.4 Å². The van der Waals surface area contributed by atoms with Crippen molar-refractivity contribution in [2.45, 2.75) is 19.4 Å². The summed E-state index contributed by atoms with van der Waals surface area (Å²) in [6.07, 6.45) is 0. The summed E-state index contributed by atoms with van der Waals surface area (Å²) in [6.45, 7) is 4.05. The molecule has 0 spiro atoms. The average molecular weight is 329 g/mol. The van der Waals surface area contributed by atoms with Gasteiger partial charge in [0.15, 0.2) is 0 Å². The minimum absolute atomic E-state index is 0.0222. The summed E-state index contributed by atoms with van der Waals surface area (Å²) in [5, 5.41) is 2.70. The largest absolute Gasteiger partial charge is 0.352 e. The quantitative estimate of drug-likeness (QED) is 0.856. The van der Waals surface area contributed by atoms with Crippen LogP contribution in [0, 0.1) is 5.82 Å². The minimum Gasteiger partial charge on any atom is -0.352 e. The first-order valence-electron chi connectivity index (χ1n) is 5.89. The van der Waals surface area contributed by atoms with Crippen LogP contribution in [0.5, 0.6) is 0 Å². The number of hydrogen-bond donors (Lipinski definition) is 1. The number of carbonyl (C=O) groups excluding carboxylic acids is 2. The maximum atomic E-state index is 13.8. The van der Waals surface area contributed by atoms with Gasteiger partial charge in [-0.1, -0.05) is 15.9 Å². The number of benzene rings is 1. The lowest BCUT2D eigenvalue weighted by Gasteiger charge is -2.41. The first kappa shape index (κ1) is 14.0. The number of hydrogen-bond acceptors (Lipinski definition) is 2. The predicted molar refractivity (Wildman–Crippen MR) is 72.2 cm³/mol. The fraction of sp³-hybridized carbons (Fsp3) is 0.385. The Morgan fingerprint density at radius 3 is 2.79 bits per heavy atom. The van der Waals surface area contributed by atoms with Crippen molar-refractivity contribution in [1.82, 2.24) is 10.2 Å². The van der Waals surface area contributed by atoms with Gasteiger partial charge in [-0.15, -0.1) is 0 Å². The number of piperazine rings is 1. The number of carbonyl (C=O) groups is 2. The van der Waals surface area contributed by atoms with Crippen molar-refractivity contribution in [2.75, 3.05) is 13.1 Å². The Hall–Kier alpha value is -1.43. The zero-order valence-corrected chi connectivity index (χ0v) is 12.3. The lowest BCUT2D eigenvalue weighted by Crippen LogP contribution is -2.63. The Kier molecular flexibility index (Phi) is 3.62. The molecular formula is C13H14BrFN2O2. The van der Waals surface area contributed by atoms with Crippen LogP contribution < -0.4 is 5.32 Å². The lowest BCUT2D eigenvalue weighted by atomic mass is 9.97. The van der Waals surface area contributed by atoms with Gasteiger partial charge in [-0.05, 0) is 32.0 Å². The van der Waals surface area contributed by atoms with Crippen molar-refractivity contribution in [3.8, 4) is 0 Å². The second kappa shape index (κ2) is 4.92. The summed E-state index contributed by atoms with van der Waals surface area (Å²) in [5.74, 6) is -1.30. The molecule has 0 radical (unpaired) electrons. The fourth-order valence-electron chi connectivity index (χ4n) is 2.06. The zero-order chi connectivity index (χ0) is 14.2. The maximum Gasteiger partial charge on any atom is 0.257 e. The van der Waals surface area contributed by atoms with E-state index in [9.17, 15) is 14.0 Å². The van der Waals surface area contributed by atoms with Gasteiger partial charge in [-0.25, -0.2) is 4.39 Å². The molecule has 0 aliphatic carbocycles. The molecule has 2 amide bonds. The zero-order valence-electron chi connectivity index (χ0n) is 10.7. The molecule has 1 N–H and O–H groups in total. The maximum absolute atomic E-state index is 13.8. The van der Waals surface area contributed by atoms with Crippen LogP contribution in [0.2, 0.25) is 0 Å². The number of amides is 2. The predicted octanol–water partition coefficient (Wildman–Crippen LogP) is 1.94. The van der Waals surface area contributed by atoms with Crippen LogP contribution in [0.25, 0.3) is 0 Å². The monoisotopic (exact) mass is 328 g/mol. The van der Waals surface area contributed by atoms with Crippen LogP contribution >= 0.6 is 15.9 Å². The van der Waals surface area contributed by atoms with Crippen molar-refractivity contribution in [3.05, 3.63) is 34.1 Å². The molecule has 1 aliphatic heterocycles. The van der Waals surface area contributed by atoms with Gasteiger partial charge in [-0.3, -0.25) is 9.59 Å². The van der Waals surface area contributed by atoms with Gasteiger partial charge < -0.3 is 10.2 Å². The highest BCUT2D eigenvalue weighted by atomic mass is 79.9. The molecule has 0 atom stereocenters. The van der Waals surface area contributed by atoms with Crippen molar-refractivity contribution in [3.63, 3.8) is 0 Å². The Morgan fingerprint density at radius 1 is 1.47 bits per heavy atom. The highest BCUT2D eigenvalue weighted by molar-refractivity contribution is 9.10. The number of nitrogens with one attached hydrogen (secondary N) is 1. The minimum atomic E-state index is -0.977. The summed E-state index contributed by atoms with van der Waals surface area (Å²) < 4.78 is 14.4. The molecule has 0 saturated carbocycles. The van der Waals surface area contributed by atoms with Gasteiger partial charge in [0.05, 0.1) is 5.56 Å². The van der Waals surface area contributed by atoms with Crippen LogP contribution in [0.15, 0.2) is 22.7 Å². The highest BCUT2D eigenvalue weighted by Crippen LogP contribution is 2.23. The van der Waals surface area contributed by atoms with Gasteiger partial charge in [0.25, 0.3) is 5.91 Å². The molecule has 19 heavy (non-hydrogen) atoms. The lowest BCUT2D eigenvalue weighted by molar-refractivity contribution is -0.133. The van der Waals surface area contributed by atoms with Gasteiger partial charge in [-0.2, -0.15) is 0 Å². The highest BCUT2D eigenvalue weighted by Gasteiger charge is 2.41. The van der Waals surface area contributed by atoms with Crippen LogP contribution in [0.4, 0.5) is 4.39 Å². The Labute approximate surface area is 119 Å². The molecule has 1 aromatic rings. The average Bonchev–Trinajstić information content (AvgIpc) is 2.32. The molecular weight excluding hydrogens is 315 g/mol. The van der Waals surface area contributed by atoms with E-state index in [2.05, 4.69) is 21.2 Å². The van der Waals surface area contributed by atoms with E-state index in [1.165, 1.54) is 17.0 Å². The van der Waals surface area contributed by atoms with E-state index in [-0.39, 0.29) is 11.5 Å². The van der Waals surface area contributed by atoms with Crippen LogP contribution in [-0.2, 0) is 4.79 Å². The van der Waals surface area contributed by atoms with E-state index in [0.29, 0.717) is 17.6 Å². The van der Waals surface area contributed by atoms with E-state index < -0.39 is 17.3 Å². The van der Waals surface area contributed by atoms with E-state index in [1.807, 2.05) is 0 Å². The molecule has 0 aromatic heterocycles. The van der Waals surface area contributed by atoms with Crippen LogP contribution in [-0.4, -0.2) is 35.3 Å². The standard InChI is InChI=1S/C13H14BrFN2O2/c1-13(2)12(19)16-5-6-17(13)11(18)9-4-3-8(14)7-10(9)15/h3-4,7H,5-6H2,1-2H3,(H,16,19). The SMILES string of the molecule is CC1(C)C(=O)NCCN1C(=O)c1ccc(Br)cc1F. The molecule has 1 aromatic carbocycles. The molecule has 1 aliphatic rings. The molecule has 4 nitrogen and oxygen atoms in total. The molecule has 0 unspecified atom stereocenters. The van der Waals surface area contributed by atoms with Crippen LogP contribution in [0.1, 0.15) is 24.2 Å². The Morgan fingerprint density at radius 2 is 2.16 bits per heavy atom. The molecule has 6 heteroatoms. The summed E-state index contributed by atoms with van der Waals surface area (Å²) in [7, 11) is 0. The fourth-order valence-corrected chi connectivity index (χ4v) is 2.40. The third kappa shape index (κ3) is 2.49.